The number of aromatic hydroxyl groups is 1. The molecule has 0 bridgehead atoms. The van der Waals surface area contributed by atoms with Crippen LogP contribution in [-0.4, -0.2) is 21.7 Å². The van der Waals surface area contributed by atoms with E-state index in [0.717, 1.165) is 32.1 Å². The van der Waals surface area contributed by atoms with Gasteiger partial charge in [0.25, 0.3) is 11.6 Å². The Hall–Kier alpha value is -3.22. The van der Waals surface area contributed by atoms with Crippen molar-refractivity contribution in [2.24, 2.45) is 0 Å². The molecule has 0 heterocycles. The first-order valence-corrected chi connectivity index (χ1v) is 9.34. The lowest BCUT2D eigenvalue weighted by molar-refractivity contribution is -0.384. The Morgan fingerprint density at radius 3 is 2.36 bits per heavy atom. The van der Waals surface area contributed by atoms with E-state index in [1.807, 2.05) is 0 Å². The number of ketones is 1. The van der Waals surface area contributed by atoms with E-state index in [1.165, 1.54) is 42.5 Å². The zero-order chi connectivity index (χ0) is 20.5. The van der Waals surface area contributed by atoms with Gasteiger partial charge in [0.15, 0.2) is 5.78 Å². The van der Waals surface area contributed by atoms with Crippen LogP contribution in [0.3, 0.4) is 0 Å². The molecule has 2 rings (SSSR count). The van der Waals surface area contributed by atoms with Crippen LogP contribution in [0.15, 0.2) is 42.5 Å². The zero-order valence-electron chi connectivity index (χ0n) is 15.8. The molecule has 1 amide bonds. The molecule has 28 heavy (non-hydrogen) atoms. The average molecular weight is 384 g/mol. The maximum atomic E-state index is 12.4. The van der Waals surface area contributed by atoms with Crippen LogP contribution in [-0.2, 0) is 0 Å². The smallest absolute Gasteiger partial charge is 0.269 e. The first-order valence-electron chi connectivity index (χ1n) is 9.34. The third-order valence-electron chi connectivity index (χ3n) is 4.41. The Morgan fingerprint density at radius 1 is 1.04 bits per heavy atom. The number of hydrogen-bond acceptors (Lipinski definition) is 5. The summed E-state index contributed by atoms with van der Waals surface area (Å²) in [6.07, 6.45) is 5.58. The molecule has 0 atom stereocenters. The number of nitro groups is 1. The number of phenolic OH excluding ortho intramolecular Hbond substituents is 1. The molecule has 0 saturated carbocycles. The van der Waals surface area contributed by atoms with Crippen LogP contribution in [0.5, 0.6) is 5.75 Å². The third-order valence-corrected chi connectivity index (χ3v) is 4.41. The van der Waals surface area contributed by atoms with Crippen LogP contribution in [0.2, 0.25) is 0 Å². The highest BCUT2D eigenvalue weighted by Gasteiger charge is 2.16. The quantitative estimate of drug-likeness (QED) is 0.256. The number of carbonyl (C=O) groups excluding carboxylic acids is 2. The summed E-state index contributed by atoms with van der Waals surface area (Å²) in [4.78, 5) is 34.9. The van der Waals surface area contributed by atoms with Crippen molar-refractivity contribution in [1.29, 1.82) is 0 Å². The maximum Gasteiger partial charge on any atom is 0.269 e. The predicted octanol–water partition coefficient (Wildman–Crippen LogP) is 5.10. The number of nitro benzene ring substituents is 1. The molecule has 0 aliphatic heterocycles. The van der Waals surface area contributed by atoms with Crippen molar-refractivity contribution in [2.75, 3.05) is 5.32 Å². The number of rotatable bonds is 10. The summed E-state index contributed by atoms with van der Waals surface area (Å²) in [5.74, 6) is -0.899. The number of unbranched alkanes of at least 4 members (excludes halogenated alkanes) is 4. The van der Waals surface area contributed by atoms with Gasteiger partial charge in [0.2, 0.25) is 0 Å². The highest BCUT2D eigenvalue weighted by Crippen LogP contribution is 2.22. The van der Waals surface area contributed by atoms with E-state index in [4.69, 9.17) is 0 Å². The molecule has 0 saturated heterocycles. The van der Waals surface area contributed by atoms with E-state index in [1.54, 1.807) is 0 Å². The first kappa shape index (κ1) is 21.1. The van der Waals surface area contributed by atoms with Gasteiger partial charge in [-0.1, -0.05) is 32.6 Å². The van der Waals surface area contributed by atoms with Crippen LogP contribution in [0.4, 0.5) is 11.4 Å². The predicted molar refractivity (Wildman–Crippen MR) is 107 cm³/mol. The molecule has 2 aromatic rings. The van der Waals surface area contributed by atoms with Crippen LogP contribution < -0.4 is 5.32 Å². The molecule has 2 N–H and O–H groups in total. The molecule has 0 aromatic heterocycles. The monoisotopic (exact) mass is 384 g/mol. The topological polar surface area (TPSA) is 110 Å². The summed E-state index contributed by atoms with van der Waals surface area (Å²) in [5, 5.41) is 23.2. The van der Waals surface area contributed by atoms with Gasteiger partial charge in [-0.2, -0.15) is 0 Å². The minimum absolute atomic E-state index is 0.0183. The van der Waals surface area contributed by atoms with Crippen molar-refractivity contribution < 1.29 is 19.6 Å². The second-order valence-electron chi connectivity index (χ2n) is 6.58. The van der Waals surface area contributed by atoms with Crippen LogP contribution in [0.1, 0.15) is 66.2 Å². The van der Waals surface area contributed by atoms with Crippen molar-refractivity contribution in [3.63, 3.8) is 0 Å². The molecular formula is C21H24N2O5. The SMILES string of the molecule is CCCCCCCC(=O)c1ccc(O)c(C(=O)Nc2ccc([N+](=O)[O-])cc2)c1. The molecular weight excluding hydrogens is 360 g/mol. The largest absolute Gasteiger partial charge is 0.507 e. The fourth-order valence-electron chi connectivity index (χ4n) is 2.79. The Kier molecular flexibility index (Phi) is 7.68. The average Bonchev–Trinajstić information content (AvgIpc) is 2.68. The molecule has 0 spiro atoms. The van der Waals surface area contributed by atoms with Crippen molar-refractivity contribution in [1.82, 2.24) is 0 Å². The normalized spacial score (nSPS) is 10.5. The van der Waals surface area contributed by atoms with Gasteiger partial charge in [-0.15, -0.1) is 0 Å². The number of amides is 1. The molecule has 0 unspecified atom stereocenters. The minimum Gasteiger partial charge on any atom is -0.507 e. The summed E-state index contributed by atoms with van der Waals surface area (Å²) < 4.78 is 0. The zero-order valence-corrected chi connectivity index (χ0v) is 15.8. The van der Waals surface area contributed by atoms with Crippen molar-refractivity contribution >= 4 is 23.1 Å². The molecule has 0 fully saturated rings. The molecule has 7 heteroatoms. The van der Waals surface area contributed by atoms with Crippen molar-refractivity contribution in [3.05, 3.63) is 63.7 Å². The fraction of sp³-hybridized carbons (Fsp3) is 0.333. The molecule has 148 valence electrons. The lowest BCUT2D eigenvalue weighted by atomic mass is 10.0. The molecule has 0 aliphatic rings. The van der Waals surface area contributed by atoms with Gasteiger partial charge >= 0.3 is 0 Å². The number of carbonyl (C=O) groups is 2. The summed E-state index contributed by atoms with van der Waals surface area (Å²) in [6.45, 7) is 2.13. The van der Waals surface area contributed by atoms with Crippen LogP contribution in [0, 0.1) is 10.1 Å². The number of hydrogen-bond donors (Lipinski definition) is 2. The van der Waals surface area contributed by atoms with Gasteiger partial charge in [0.1, 0.15) is 5.75 Å². The Labute approximate surface area is 163 Å². The van der Waals surface area contributed by atoms with E-state index in [9.17, 15) is 24.8 Å². The Bertz CT molecular complexity index is 846. The van der Waals surface area contributed by atoms with Crippen molar-refractivity contribution in [2.45, 2.75) is 45.4 Å². The second kappa shape index (κ2) is 10.2. The van der Waals surface area contributed by atoms with E-state index in [-0.39, 0.29) is 22.8 Å². The van der Waals surface area contributed by atoms with Gasteiger partial charge < -0.3 is 10.4 Å². The van der Waals surface area contributed by atoms with Gasteiger partial charge in [-0.25, -0.2) is 0 Å². The molecule has 0 aliphatic carbocycles. The first-order chi connectivity index (χ1) is 13.4. The summed E-state index contributed by atoms with van der Waals surface area (Å²) in [7, 11) is 0. The highest BCUT2D eigenvalue weighted by atomic mass is 16.6. The fourth-order valence-corrected chi connectivity index (χ4v) is 2.79. The number of phenols is 1. The van der Waals surface area contributed by atoms with Crippen LogP contribution in [0.25, 0.3) is 0 Å². The lowest BCUT2D eigenvalue weighted by Crippen LogP contribution is -2.13. The van der Waals surface area contributed by atoms with E-state index < -0.39 is 10.8 Å². The van der Waals surface area contributed by atoms with Gasteiger partial charge in [-0.05, 0) is 36.8 Å². The Balaban J connectivity index is 2.04. The highest BCUT2D eigenvalue weighted by molar-refractivity contribution is 6.08. The minimum atomic E-state index is -0.594. The molecule has 7 nitrogen and oxygen atoms in total. The number of anilines is 1. The third kappa shape index (κ3) is 5.90. The summed E-state index contributed by atoms with van der Waals surface area (Å²) in [5.41, 5.74) is 0.618. The summed E-state index contributed by atoms with van der Waals surface area (Å²) in [6, 6.07) is 9.56. The molecule has 2 aromatic carbocycles. The van der Waals surface area contributed by atoms with Gasteiger partial charge in [-0.3, -0.25) is 19.7 Å². The number of nitrogens with zero attached hydrogens (tertiary/aromatic N) is 1. The molecule has 0 radical (unpaired) electrons. The number of nitrogens with one attached hydrogen (secondary N) is 1. The lowest BCUT2D eigenvalue weighted by Gasteiger charge is -2.09. The van der Waals surface area contributed by atoms with Crippen LogP contribution >= 0.6 is 0 Å². The number of benzene rings is 2. The van der Waals surface area contributed by atoms with E-state index >= 15 is 0 Å². The van der Waals surface area contributed by atoms with E-state index in [0.29, 0.717) is 17.7 Å². The van der Waals surface area contributed by atoms with Crippen molar-refractivity contribution in [3.8, 4) is 5.75 Å². The Morgan fingerprint density at radius 2 is 1.71 bits per heavy atom. The second-order valence-corrected chi connectivity index (χ2v) is 6.58. The summed E-state index contributed by atoms with van der Waals surface area (Å²) >= 11 is 0. The number of non-ortho nitro benzene ring substituents is 1. The standard InChI is InChI=1S/C21H24N2O5/c1-2-3-4-5-6-7-19(24)15-8-13-20(25)18(14-15)21(26)22-16-9-11-17(12-10-16)23(27)28/h8-14,25H,2-7H2,1H3,(H,22,26). The number of Topliss-reactive ketones (excluding diaryl/α,β-unsaturated/α-hetero) is 1. The van der Waals surface area contributed by atoms with E-state index in [2.05, 4.69) is 12.2 Å². The van der Waals surface area contributed by atoms with Gasteiger partial charge in [0.05, 0.1) is 10.5 Å². The maximum absolute atomic E-state index is 12.4. The van der Waals surface area contributed by atoms with Gasteiger partial charge in [0, 0.05) is 29.8 Å².